The van der Waals surface area contributed by atoms with Gasteiger partial charge in [0.25, 0.3) is 0 Å². The molecule has 0 bridgehead atoms. The molecule has 0 atom stereocenters. The van der Waals surface area contributed by atoms with E-state index < -0.39 is 0 Å². The van der Waals surface area contributed by atoms with E-state index in [1.807, 2.05) is 31.2 Å². The number of nitrogens with two attached hydrogens (primary N) is 1. The van der Waals surface area contributed by atoms with Crippen LogP contribution in [-0.2, 0) is 0 Å². The maximum absolute atomic E-state index is 8.86. The largest absolute Gasteiger partial charge is 0.396 e. The van der Waals surface area contributed by atoms with E-state index in [1.165, 1.54) is 0 Å². The summed E-state index contributed by atoms with van der Waals surface area (Å²) in [7, 11) is 0. The summed E-state index contributed by atoms with van der Waals surface area (Å²) in [5.41, 5.74) is 8.27. The van der Waals surface area contributed by atoms with Gasteiger partial charge in [0.15, 0.2) is 5.69 Å². The van der Waals surface area contributed by atoms with Gasteiger partial charge in [-0.2, -0.15) is 5.26 Å². The Kier molecular flexibility index (Phi) is 3.49. The normalized spacial score (nSPS) is 9.83. The van der Waals surface area contributed by atoms with Crippen LogP contribution in [0.3, 0.4) is 0 Å². The van der Waals surface area contributed by atoms with Gasteiger partial charge in [-0.25, -0.2) is 4.98 Å². The van der Waals surface area contributed by atoms with Gasteiger partial charge in [-0.05, 0) is 42.8 Å². The summed E-state index contributed by atoms with van der Waals surface area (Å²) in [5, 5.41) is 12.0. The number of aryl methyl sites for hydroxylation is 1. The quantitative estimate of drug-likeness (QED) is 0.892. The van der Waals surface area contributed by atoms with Gasteiger partial charge >= 0.3 is 0 Å². The highest BCUT2D eigenvalue weighted by atomic mass is 79.9. The zero-order valence-corrected chi connectivity index (χ0v) is 11.3. The third-order valence-corrected chi connectivity index (χ3v) is 3.35. The summed E-state index contributed by atoms with van der Waals surface area (Å²) >= 11 is 3.44. The van der Waals surface area contributed by atoms with Gasteiger partial charge in [0.2, 0.25) is 0 Å². The average molecular weight is 303 g/mol. The molecule has 0 amide bonds. The summed E-state index contributed by atoms with van der Waals surface area (Å²) in [6.07, 6.45) is 0. The number of nitriles is 1. The lowest BCUT2D eigenvalue weighted by molar-refractivity contribution is 1.26. The smallest absolute Gasteiger partial charge is 0.165 e. The van der Waals surface area contributed by atoms with E-state index in [-0.39, 0.29) is 5.69 Å². The molecule has 0 spiro atoms. The number of benzene rings is 1. The summed E-state index contributed by atoms with van der Waals surface area (Å²) in [6, 6.07) is 11.3. The first-order chi connectivity index (χ1) is 8.60. The first-order valence-electron chi connectivity index (χ1n) is 5.30. The van der Waals surface area contributed by atoms with Crippen LogP contribution < -0.4 is 11.1 Å². The van der Waals surface area contributed by atoms with Crippen LogP contribution in [-0.4, -0.2) is 4.98 Å². The number of pyridine rings is 1. The van der Waals surface area contributed by atoms with Crippen molar-refractivity contribution in [2.45, 2.75) is 6.92 Å². The Morgan fingerprint density at radius 3 is 2.78 bits per heavy atom. The lowest BCUT2D eigenvalue weighted by Crippen LogP contribution is -1.99. The second kappa shape index (κ2) is 5.07. The van der Waals surface area contributed by atoms with Gasteiger partial charge in [-0.1, -0.05) is 15.9 Å². The Balaban J connectivity index is 2.29. The van der Waals surface area contributed by atoms with Crippen LogP contribution in [0.25, 0.3) is 0 Å². The van der Waals surface area contributed by atoms with E-state index in [0.29, 0.717) is 11.5 Å². The van der Waals surface area contributed by atoms with Crippen LogP contribution in [0.15, 0.2) is 34.8 Å². The fraction of sp³-hybridized carbons (Fsp3) is 0.0769. The highest BCUT2D eigenvalue weighted by molar-refractivity contribution is 9.10. The van der Waals surface area contributed by atoms with Crippen LogP contribution in [0.2, 0.25) is 0 Å². The number of nitrogens with zero attached hydrogens (tertiary/aromatic N) is 2. The molecule has 0 fully saturated rings. The Morgan fingerprint density at radius 1 is 1.33 bits per heavy atom. The Hall–Kier alpha value is -2.06. The summed E-state index contributed by atoms with van der Waals surface area (Å²) in [6.45, 7) is 2.01. The lowest BCUT2D eigenvalue weighted by atomic mass is 10.2. The molecular formula is C13H11BrN4. The molecule has 0 saturated heterocycles. The second-order valence-corrected chi connectivity index (χ2v) is 4.69. The van der Waals surface area contributed by atoms with Gasteiger partial charge in [-0.15, -0.1) is 0 Å². The maximum atomic E-state index is 8.86. The van der Waals surface area contributed by atoms with Crippen molar-refractivity contribution in [2.75, 3.05) is 11.1 Å². The van der Waals surface area contributed by atoms with Crippen LogP contribution in [0.5, 0.6) is 0 Å². The number of anilines is 3. The molecule has 0 unspecified atom stereocenters. The summed E-state index contributed by atoms with van der Waals surface area (Å²) < 4.78 is 1.05. The zero-order chi connectivity index (χ0) is 13.1. The van der Waals surface area contributed by atoms with Crippen LogP contribution in [0, 0.1) is 18.3 Å². The fourth-order valence-electron chi connectivity index (χ4n) is 1.50. The maximum Gasteiger partial charge on any atom is 0.165 e. The van der Waals surface area contributed by atoms with Crippen molar-refractivity contribution in [3.63, 3.8) is 0 Å². The van der Waals surface area contributed by atoms with Crippen molar-refractivity contribution >= 4 is 33.1 Å². The third-order valence-electron chi connectivity index (χ3n) is 2.46. The van der Waals surface area contributed by atoms with Gasteiger partial charge in [0, 0.05) is 10.2 Å². The topological polar surface area (TPSA) is 74.7 Å². The van der Waals surface area contributed by atoms with Gasteiger partial charge in [-0.3, -0.25) is 0 Å². The highest BCUT2D eigenvalue weighted by Gasteiger charge is 2.03. The number of nitrogen functional groups attached to an aromatic ring is 1. The van der Waals surface area contributed by atoms with E-state index in [1.54, 1.807) is 12.1 Å². The molecule has 4 nitrogen and oxygen atoms in total. The third kappa shape index (κ3) is 2.60. The van der Waals surface area contributed by atoms with Crippen molar-refractivity contribution < 1.29 is 0 Å². The van der Waals surface area contributed by atoms with Crippen molar-refractivity contribution in [2.24, 2.45) is 0 Å². The van der Waals surface area contributed by atoms with Crippen LogP contribution >= 0.6 is 15.9 Å². The van der Waals surface area contributed by atoms with Crippen molar-refractivity contribution in [1.29, 1.82) is 5.26 Å². The molecule has 2 aromatic rings. The minimum Gasteiger partial charge on any atom is -0.396 e. The molecular weight excluding hydrogens is 292 g/mol. The lowest BCUT2D eigenvalue weighted by Gasteiger charge is -2.08. The molecule has 0 radical (unpaired) electrons. The molecule has 0 aliphatic rings. The number of halogens is 1. The molecule has 1 aromatic carbocycles. The summed E-state index contributed by atoms with van der Waals surface area (Å²) in [5.74, 6) is 0.600. The minimum atomic E-state index is 0.230. The Morgan fingerprint density at radius 2 is 2.11 bits per heavy atom. The molecule has 90 valence electrons. The molecule has 1 heterocycles. The van der Waals surface area contributed by atoms with Crippen LogP contribution in [0.1, 0.15) is 11.3 Å². The zero-order valence-electron chi connectivity index (χ0n) is 9.74. The number of hydrogen-bond donors (Lipinski definition) is 2. The van der Waals surface area contributed by atoms with Gasteiger partial charge in [0.1, 0.15) is 11.9 Å². The van der Waals surface area contributed by atoms with E-state index in [2.05, 4.69) is 26.2 Å². The monoisotopic (exact) mass is 302 g/mol. The predicted octanol–water partition coefficient (Wildman–Crippen LogP) is 3.35. The molecule has 3 N–H and O–H groups in total. The van der Waals surface area contributed by atoms with Crippen molar-refractivity contribution in [1.82, 2.24) is 4.98 Å². The van der Waals surface area contributed by atoms with E-state index in [4.69, 9.17) is 11.0 Å². The van der Waals surface area contributed by atoms with E-state index in [0.717, 1.165) is 15.7 Å². The Labute approximate surface area is 114 Å². The first kappa shape index (κ1) is 12.4. The SMILES string of the molecule is Cc1cc(Nc2ccc(N)c(C#N)n2)ccc1Br. The standard InChI is InChI=1S/C13H11BrN4/c1-8-6-9(2-3-10(8)14)17-13-5-4-11(16)12(7-15)18-13/h2-6H,16H2,1H3,(H,17,18). The number of rotatable bonds is 2. The molecule has 0 saturated carbocycles. The van der Waals surface area contributed by atoms with Crippen molar-refractivity contribution in [3.8, 4) is 6.07 Å². The predicted molar refractivity (Wildman–Crippen MR) is 75.5 cm³/mol. The molecule has 0 aliphatic heterocycles. The highest BCUT2D eigenvalue weighted by Crippen LogP contribution is 2.23. The molecule has 5 heteroatoms. The number of hydrogen-bond acceptors (Lipinski definition) is 4. The first-order valence-corrected chi connectivity index (χ1v) is 6.09. The molecule has 1 aromatic heterocycles. The van der Waals surface area contributed by atoms with E-state index in [9.17, 15) is 0 Å². The summed E-state index contributed by atoms with van der Waals surface area (Å²) in [4.78, 5) is 4.13. The van der Waals surface area contributed by atoms with Crippen molar-refractivity contribution in [3.05, 3.63) is 46.1 Å². The fourth-order valence-corrected chi connectivity index (χ4v) is 1.75. The molecule has 0 aliphatic carbocycles. The second-order valence-electron chi connectivity index (χ2n) is 3.84. The van der Waals surface area contributed by atoms with Gasteiger partial charge in [0.05, 0.1) is 5.69 Å². The Bertz CT molecular complexity index is 631. The number of aromatic nitrogens is 1. The van der Waals surface area contributed by atoms with Gasteiger partial charge < -0.3 is 11.1 Å². The molecule has 18 heavy (non-hydrogen) atoms. The van der Waals surface area contributed by atoms with E-state index >= 15 is 0 Å². The van der Waals surface area contributed by atoms with Crippen LogP contribution in [0.4, 0.5) is 17.2 Å². The average Bonchev–Trinajstić information content (AvgIpc) is 2.36. The number of nitrogens with one attached hydrogen (secondary N) is 1. The minimum absolute atomic E-state index is 0.230. The molecule has 2 rings (SSSR count).